The van der Waals surface area contributed by atoms with Crippen LogP contribution in [-0.2, 0) is 21.2 Å². The van der Waals surface area contributed by atoms with Crippen molar-refractivity contribution in [3.05, 3.63) is 29.8 Å². The summed E-state index contributed by atoms with van der Waals surface area (Å²) in [5.41, 5.74) is 0.747. The minimum atomic E-state index is -3.50. The molecule has 1 rings (SSSR count). The standard InChI is InChI=1S/C15H25NO4S/c1-15(2,9-11-20-3)12-16-21(18,19)14-6-4-13(5-7-14)8-10-17/h4-7,16-17H,8-12H2,1-3H3. The Bertz CT molecular complexity index is 523. The quantitative estimate of drug-likeness (QED) is 0.725. The highest BCUT2D eigenvalue weighted by Crippen LogP contribution is 2.20. The Hall–Kier alpha value is -0.950. The molecule has 0 saturated carbocycles. The molecule has 21 heavy (non-hydrogen) atoms. The van der Waals surface area contributed by atoms with Crippen molar-refractivity contribution >= 4 is 10.0 Å². The summed E-state index contributed by atoms with van der Waals surface area (Å²) >= 11 is 0. The maximum Gasteiger partial charge on any atom is 0.240 e. The lowest BCUT2D eigenvalue weighted by atomic mass is 9.90. The van der Waals surface area contributed by atoms with E-state index in [0.717, 1.165) is 12.0 Å². The molecule has 2 N–H and O–H groups in total. The molecule has 6 heteroatoms. The van der Waals surface area contributed by atoms with E-state index >= 15 is 0 Å². The number of benzene rings is 1. The summed E-state index contributed by atoms with van der Waals surface area (Å²) < 4.78 is 32.1. The van der Waals surface area contributed by atoms with Gasteiger partial charge in [-0.05, 0) is 36.0 Å². The number of hydrogen-bond acceptors (Lipinski definition) is 4. The van der Waals surface area contributed by atoms with Crippen LogP contribution in [0.2, 0.25) is 0 Å². The first-order chi connectivity index (χ1) is 9.80. The molecule has 1 aromatic carbocycles. The zero-order chi connectivity index (χ0) is 15.9. The van der Waals surface area contributed by atoms with Gasteiger partial charge < -0.3 is 9.84 Å². The van der Waals surface area contributed by atoms with Crippen LogP contribution >= 0.6 is 0 Å². The average molecular weight is 315 g/mol. The van der Waals surface area contributed by atoms with Crippen molar-refractivity contribution < 1.29 is 18.3 Å². The van der Waals surface area contributed by atoms with Crippen molar-refractivity contribution in [2.75, 3.05) is 26.9 Å². The average Bonchev–Trinajstić information content (AvgIpc) is 2.44. The van der Waals surface area contributed by atoms with E-state index in [1.807, 2.05) is 13.8 Å². The molecule has 0 unspecified atom stereocenters. The summed E-state index contributed by atoms with van der Waals surface area (Å²) in [6.07, 6.45) is 1.30. The van der Waals surface area contributed by atoms with Gasteiger partial charge in [-0.2, -0.15) is 0 Å². The zero-order valence-corrected chi connectivity index (χ0v) is 13.7. The van der Waals surface area contributed by atoms with Crippen LogP contribution in [0.5, 0.6) is 0 Å². The van der Waals surface area contributed by atoms with Gasteiger partial charge in [0.15, 0.2) is 0 Å². The predicted octanol–water partition coefficient (Wildman–Crippen LogP) is 1.56. The van der Waals surface area contributed by atoms with Gasteiger partial charge >= 0.3 is 0 Å². The zero-order valence-electron chi connectivity index (χ0n) is 12.9. The molecule has 0 aliphatic heterocycles. The number of sulfonamides is 1. The Labute approximate surface area is 127 Å². The highest BCUT2D eigenvalue weighted by Gasteiger charge is 2.22. The lowest BCUT2D eigenvalue weighted by Crippen LogP contribution is -2.34. The maximum absolute atomic E-state index is 12.2. The topological polar surface area (TPSA) is 75.6 Å². The predicted molar refractivity (Wildman–Crippen MR) is 82.7 cm³/mol. The van der Waals surface area contributed by atoms with Crippen LogP contribution in [0.1, 0.15) is 25.8 Å². The minimum Gasteiger partial charge on any atom is -0.396 e. The first-order valence-corrected chi connectivity index (χ1v) is 8.47. The normalized spacial score (nSPS) is 12.6. The Kier molecular flexibility index (Phi) is 6.80. The van der Waals surface area contributed by atoms with Gasteiger partial charge in [-0.1, -0.05) is 26.0 Å². The van der Waals surface area contributed by atoms with Gasteiger partial charge in [0.2, 0.25) is 10.0 Å². The van der Waals surface area contributed by atoms with Gasteiger partial charge in [-0.3, -0.25) is 0 Å². The number of aliphatic hydroxyl groups excluding tert-OH is 1. The van der Waals surface area contributed by atoms with E-state index in [1.165, 1.54) is 0 Å². The van der Waals surface area contributed by atoms with Crippen LogP contribution in [0.4, 0.5) is 0 Å². The molecular formula is C15H25NO4S. The van der Waals surface area contributed by atoms with Crippen molar-refractivity contribution in [1.29, 1.82) is 0 Å². The van der Waals surface area contributed by atoms with Crippen molar-refractivity contribution in [3.8, 4) is 0 Å². The van der Waals surface area contributed by atoms with E-state index in [-0.39, 0.29) is 16.9 Å². The Balaban J connectivity index is 2.68. The van der Waals surface area contributed by atoms with Crippen molar-refractivity contribution in [2.24, 2.45) is 5.41 Å². The first-order valence-electron chi connectivity index (χ1n) is 6.99. The molecule has 0 fully saturated rings. The number of methoxy groups -OCH3 is 1. The van der Waals surface area contributed by atoms with Crippen LogP contribution in [0, 0.1) is 5.41 Å². The van der Waals surface area contributed by atoms with Crippen LogP contribution in [0.3, 0.4) is 0 Å². The SMILES string of the molecule is COCCC(C)(C)CNS(=O)(=O)c1ccc(CCO)cc1. The lowest BCUT2D eigenvalue weighted by Gasteiger charge is -2.24. The van der Waals surface area contributed by atoms with Gasteiger partial charge in [0.25, 0.3) is 0 Å². The van der Waals surface area contributed by atoms with Crippen molar-refractivity contribution in [2.45, 2.75) is 31.6 Å². The third-order valence-corrected chi connectivity index (χ3v) is 4.77. The molecule has 0 radical (unpaired) electrons. The van der Waals surface area contributed by atoms with E-state index in [0.29, 0.717) is 19.6 Å². The second kappa shape index (κ2) is 7.89. The fourth-order valence-electron chi connectivity index (χ4n) is 1.80. The number of nitrogens with one attached hydrogen (secondary N) is 1. The maximum atomic E-state index is 12.2. The summed E-state index contributed by atoms with van der Waals surface area (Å²) in [4.78, 5) is 0.242. The second-order valence-electron chi connectivity index (χ2n) is 5.85. The molecule has 0 atom stereocenters. The third kappa shape index (κ3) is 6.13. The lowest BCUT2D eigenvalue weighted by molar-refractivity contribution is 0.153. The molecule has 0 heterocycles. The van der Waals surface area contributed by atoms with Gasteiger partial charge in [-0.15, -0.1) is 0 Å². The molecule has 1 aromatic rings. The van der Waals surface area contributed by atoms with E-state index in [2.05, 4.69) is 4.72 Å². The number of rotatable bonds is 9. The minimum absolute atomic E-state index is 0.0536. The highest BCUT2D eigenvalue weighted by molar-refractivity contribution is 7.89. The van der Waals surface area contributed by atoms with Crippen molar-refractivity contribution in [1.82, 2.24) is 4.72 Å². The molecule has 0 bridgehead atoms. The highest BCUT2D eigenvalue weighted by atomic mass is 32.2. The molecule has 0 spiro atoms. The Morgan fingerprint density at radius 1 is 1.24 bits per heavy atom. The van der Waals surface area contributed by atoms with Gasteiger partial charge in [0.05, 0.1) is 4.90 Å². The number of ether oxygens (including phenoxy) is 1. The van der Waals surface area contributed by atoms with E-state index in [4.69, 9.17) is 9.84 Å². The van der Waals surface area contributed by atoms with Gasteiger partial charge in [0, 0.05) is 26.9 Å². The number of hydrogen-bond donors (Lipinski definition) is 2. The molecular weight excluding hydrogens is 290 g/mol. The monoisotopic (exact) mass is 315 g/mol. The summed E-state index contributed by atoms with van der Waals surface area (Å²) in [6.45, 7) is 5.01. The van der Waals surface area contributed by atoms with Gasteiger partial charge in [-0.25, -0.2) is 13.1 Å². The van der Waals surface area contributed by atoms with E-state index in [1.54, 1.807) is 31.4 Å². The van der Waals surface area contributed by atoms with Crippen LogP contribution in [-0.4, -0.2) is 40.4 Å². The van der Waals surface area contributed by atoms with Gasteiger partial charge in [0.1, 0.15) is 0 Å². The molecule has 5 nitrogen and oxygen atoms in total. The van der Waals surface area contributed by atoms with E-state index in [9.17, 15) is 8.42 Å². The van der Waals surface area contributed by atoms with E-state index < -0.39 is 10.0 Å². The Morgan fingerprint density at radius 2 is 1.86 bits per heavy atom. The van der Waals surface area contributed by atoms with Crippen LogP contribution < -0.4 is 4.72 Å². The first kappa shape index (κ1) is 18.1. The summed E-state index contributed by atoms with van der Waals surface area (Å²) in [7, 11) is -1.87. The Morgan fingerprint density at radius 3 is 2.38 bits per heavy atom. The molecule has 0 amide bonds. The molecule has 0 aliphatic carbocycles. The molecule has 0 saturated heterocycles. The molecule has 120 valence electrons. The largest absolute Gasteiger partial charge is 0.396 e. The fraction of sp³-hybridized carbons (Fsp3) is 0.600. The molecule has 0 aromatic heterocycles. The number of aliphatic hydroxyl groups is 1. The third-order valence-electron chi connectivity index (χ3n) is 3.36. The molecule has 0 aliphatic rings. The van der Waals surface area contributed by atoms with Crippen LogP contribution in [0.25, 0.3) is 0 Å². The van der Waals surface area contributed by atoms with Crippen molar-refractivity contribution in [3.63, 3.8) is 0 Å². The van der Waals surface area contributed by atoms with Crippen LogP contribution in [0.15, 0.2) is 29.2 Å². The smallest absolute Gasteiger partial charge is 0.240 e. The summed E-state index contributed by atoms with van der Waals surface area (Å²) in [5.74, 6) is 0. The second-order valence-corrected chi connectivity index (χ2v) is 7.62. The fourth-order valence-corrected chi connectivity index (χ4v) is 3.05. The summed E-state index contributed by atoms with van der Waals surface area (Å²) in [5, 5.41) is 8.85. The summed E-state index contributed by atoms with van der Waals surface area (Å²) in [6, 6.07) is 6.58.